The average molecular weight is 220 g/mol. The number of hydrogen-bond acceptors (Lipinski definition) is 2. The SMILES string of the molecule is Cc1[nH]c(=O)[nH]c(=O)c1-c1ccc(F)cc1. The standard InChI is InChI=1S/C11H9FN2O2/c1-6-9(10(15)14-11(16)13-6)7-2-4-8(12)5-3-7/h2-5H,1H3,(H2,13,14,15,16). The molecule has 2 aromatic rings. The van der Waals surface area contributed by atoms with Gasteiger partial charge in [0, 0.05) is 5.69 Å². The molecule has 0 saturated carbocycles. The van der Waals surface area contributed by atoms with Crippen molar-refractivity contribution in [2.45, 2.75) is 6.92 Å². The molecule has 0 saturated heterocycles. The summed E-state index contributed by atoms with van der Waals surface area (Å²) in [5.74, 6) is -0.373. The molecule has 82 valence electrons. The average Bonchev–Trinajstić information content (AvgIpc) is 2.19. The summed E-state index contributed by atoms with van der Waals surface area (Å²) in [4.78, 5) is 27.2. The first-order valence-electron chi connectivity index (χ1n) is 4.67. The zero-order chi connectivity index (χ0) is 11.7. The molecule has 0 spiro atoms. The van der Waals surface area contributed by atoms with Crippen molar-refractivity contribution in [1.82, 2.24) is 9.97 Å². The van der Waals surface area contributed by atoms with Gasteiger partial charge < -0.3 is 4.98 Å². The highest BCUT2D eigenvalue weighted by Gasteiger charge is 2.08. The van der Waals surface area contributed by atoms with Gasteiger partial charge in [-0.1, -0.05) is 12.1 Å². The first-order valence-corrected chi connectivity index (χ1v) is 4.67. The van der Waals surface area contributed by atoms with Crippen molar-refractivity contribution in [3.05, 3.63) is 56.6 Å². The molecule has 2 N–H and O–H groups in total. The van der Waals surface area contributed by atoms with E-state index in [1.54, 1.807) is 6.92 Å². The van der Waals surface area contributed by atoms with Crippen molar-refractivity contribution in [3.63, 3.8) is 0 Å². The smallest absolute Gasteiger partial charge is 0.311 e. The zero-order valence-corrected chi connectivity index (χ0v) is 8.50. The van der Waals surface area contributed by atoms with Gasteiger partial charge in [-0.05, 0) is 24.6 Å². The third-order valence-electron chi connectivity index (χ3n) is 2.26. The van der Waals surface area contributed by atoms with E-state index in [4.69, 9.17) is 0 Å². The second kappa shape index (κ2) is 3.77. The summed E-state index contributed by atoms with van der Waals surface area (Å²) in [6.07, 6.45) is 0. The number of aromatic amines is 2. The number of benzene rings is 1. The highest BCUT2D eigenvalue weighted by Crippen LogP contribution is 2.16. The Labute approximate surface area is 89.8 Å². The molecule has 0 atom stereocenters. The molecule has 0 aliphatic heterocycles. The maximum atomic E-state index is 12.7. The number of aryl methyl sites for hydroxylation is 1. The van der Waals surface area contributed by atoms with Crippen molar-refractivity contribution in [2.75, 3.05) is 0 Å². The molecule has 16 heavy (non-hydrogen) atoms. The first-order chi connectivity index (χ1) is 7.58. The van der Waals surface area contributed by atoms with Crippen LogP contribution >= 0.6 is 0 Å². The molecular weight excluding hydrogens is 211 g/mol. The second-order valence-electron chi connectivity index (χ2n) is 3.42. The highest BCUT2D eigenvalue weighted by atomic mass is 19.1. The van der Waals surface area contributed by atoms with Gasteiger partial charge in [-0.15, -0.1) is 0 Å². The van der Waals surface area contributed by atoms with Crippen LogP contribution in [-0.2, 0) is 0 Å². The third-order valence-corrected chi connectivity index (χ3v) is 2.26. The molecule has 0 bridgehead atoms. The highest BCUT2D eigenvalue weighted by molar-refractivity contribution is 5.64. The largest absolute Gasteiger partial charge is 0.325 e. The van der Waals surface area contributed by atoms with E-state index in [1.807, 2.05) is 0 Å². The van der Waals surface area contributed by atoms with Crippen LogP contribution in [0.3, 0.4) is 0 Å². The second-order valence-corrected chi connectivity index (χ2v) is 3.42. The summed E-state index contributed by atoms with van der Waals surface area (Å²) in [7, 11) is 0. The van der Waals surface area contributed by atoms with Crippen LogP contribution in [0.4, 0.5) is 4.39 Å². The fourth-order valence-corrected chi connectivity index (χ4v) is 1.56. The zero-order valence-electron chi connectivity index (χ0n) is 8.50. The Kier molecular flexibility index (Phi) is 2.44. The maximum Gasteiger partial charge on any atom is 0.325 e. The molecule has 0 unspecified atom stereocenters. The van der Waals surface area contributed by atoms with Gasteiger partial charge in [-0.25, -0.2) is 9.18 Å². The summed E-state index contributed by atoms with van der Waals surface area (Å²) in [5, 5.41) is 0. The fraction of sp³-hybridized carbons (Fsp3) is 0.0909. The Hall–Kier alpha value is -2.17. The van der Waals surface area contributed by atoms with E-state index >= 15 is 0 Å². The fourth-order valence-electron chi connectivity index (χ4n) is 1.56. The lowest BCUT2D eigenvalue weighted by Gasteiger charge is -2.03. The van der Waals surface area contributed by atoms with Crippen LogP contribution in [0.2, 0.25) is 0 Å². The third kappa shape index (κ3) is 1.79. The van der Waals surface area contributed by atoms with Crippen LogP contribution in [0, 0.1) is 12.7 Å². The Morgan fingerprint density at radius 2 is 1.69 bits per heavy atom. The molecule has 0 fully saturated rings. The van der Waals surface area contributed by atoms with Crippen molar-refractivity contribution in [2.24, 2.45) is 0 Å². The summed E-state index contributed by atoms with van der Waals surface area (Å²) in [5.41, 5.74) is 0.345. The molecular formula is C11H9FN2O2. The quantitative estimate of drug-likeness (QED) is 0.757. The van der Waals surface area contributed by atoms with Crippen molar-refractivity contribution < 1.29 is 4.39 Å². The van der Waals surface area contributed by atoms with Crippen molar-refractivity contribution in [1.29, 1.82) is 0 Å². The number of rotatable bonds is 1. The lowest BCUT2D eigenvalue weighted by atomic mass is 10.1. The minimum Gasteiger partial charge on any atom is -0.311 e. The Bertz CT molecular complexity index is 626. The van der Waals surface area contributed by atoms with Gasteiger partial charge in [0.05, 0.1) is 5.56 Å². The molecule has 1 aromatic carbocycles. The summed E-state index contributed by atoms with van der Waals surface area (Å²) >= 11 is 0. The number of nitrogens with one attached hydrogen (secondary N) is 2. The van der Waals surface area contributed by atoms with Gasteiger partial charge in [0.15, 0.2) is 0 Å². The number of halogens is 1. The van der Waals surface area contributed by atoms with Crippen LogP contribution in [0.5, 0.6) is 0 Å². The number of hydrogen-bond donors (Lipinski definition) is 2. The van der Waals surface area contributed by atoms with Crippen LogP contribution in [0.15, 0.2) is 33.9 Å². The molecule has 5 heteroatoms. The van der Waals surface area contributed by atoms with Crippen molar-refractivity contribution in [3.8, 4) is 11.1 Å². The van der Waals surface area contributed by atoms with E-state index in [0.29, 0.717) is 16.8 Å². The van der Waals surface area contributed by atoms with E-state index < -0.39 is 11.2 Å². The van der Waals surface area contributed by atoms with Gasteiger partial charge in [-0.2, -0.15) is 0 Å². The molecule has 4 nitrogen and oxygen atoms in total. The molecule has 1 aromatic heterocycles. The van der Waals surface area contributed by atoms with Gasteiger partial charge in [0.2, 0.25) is 0 Å². The predicted octanol–water partition coefficient (Wildman–Crippen LogP) is 1.18. The monoisotopic (exact) mass is 220 g/mol. The lowest BCUT2D eigenvalue weighted by Crippen LogP contribution is -2.24. The minimum absolute atomic E-state index is 0.347. The maximum absolute atomic E-state index is 12.7. The van der Waals surface area contributed by atoms with E-state index in [1.165, 1.54) is 24.3 Å². The minimum atomic E-state index is -0.548. The topological polar surface area (TPSA) is 65.7 Å². The van der Waals surface area contributed by atoms with Gasteiger partial charge in [-0.3, -0.25) is 9.78 Å². The summed E-state index contributed by atoms with van der Waals surface area (Å²) in [6, 6.07) is 5.51. The lowest BCUT2D eigenvalue weighted by molar-refractivity contribution is 0.628. The van der Waals surface area contributed by atoms with Gasteiger partial charge in [0.25, 0.3) is 5.56 Å². The van der Waals surface area contributed by atoms with Crippen molar-refractivity contribution >= 4 is 0 Å². The molecule has 2 rings (SSSR count). The molecule has 0 aliphatic rings. The summed E-state index contributed by atoms with van der Waals surface area (Å²) < 4.78 is 12.7. The van der Waals surface area contributed by atoms with E-state index in [0.717, 1.165) is 0 Å². The predicted molar refractivity (Wildman–Crippen MR) is 57.8 cm³/mol. The Morgan fingerprint density at radius 3 is 2.25 bits per heavy atom. The first kappa shape index (κ1) is 10.4. The molecule has 0 amide bonds. The van der Waals surface area contributed by atoms with Gasteiger partial charge >= 0.3 is 5.69 Å². The van der Waals surface area contributed by atoms with Crippen LogP contribution in [0.25, 0.3) is 11.1 Å². The molecule has 1 heterocycles. The molecule has 0 radical (unpaired) electrons. The van der Waals surface area contributed by atoms with Crippen LogP contribution < -0.4 is 11.2 Å². The normalized spacial score (nSPS) is 10.4. The summed E-state index contributed by atoms with van der Waals surface area (Å²) in [6.45, 7) is 1.62. The number of aromatic nitrogens is 2. The van der Waals surface area contributed by atoms with Crippen LogP contribution in [-0.4, -0.2) is 9.97 Å². The van der Waals surface area contributed by atoms with E-state index in [2.05, 4.69) is 9.97 Å². The van der Waals surface area contributed by atoms with Crippen LogP contribution in [0.1, 0.15) is 5.69 Å². The number of H-pyrrole nitrogens is 2. The Morgan fingerprint density at radius 1 is 1.06 bits per heavy atom. The van der Waals surface area contributed by atoms with E-state index in [9.17, 15) is 14.0 Å². The van der Waals surface area contributed by atoms with Gasteiger partial charge in [0.1, 0.15) is 5.82 Å². The Balaban J connectivity index is 2.69. The van der Waals surface area contributed by atoms with E-state index in [-0.39, 0.29) is 5.82 Å². The molecule has 0 aliphatic carbocycles.